The van der Waals surface area contributed by atoms with Crippen LogP contribution in [0.5, 0.6) is 5.75 Å². The highest BCUT2D eigenvalue weighted by Gasteiger charge is 2.39. The van der Waals surface area contributed by atoms with Crippen molar-refractivity contribution in [2.75, 3.05) is 7.11 Å². The van der Waals surface area contributed by atoms with E-state index in [0.717, 1.165) is 18.4 Å². The van der Waals surface area contributed by atoms with E-state index >= 15 is 0 Å². The lowest BCUT2D eigenvalue weighted by atomic mass is 9.83. The van der Waals surface area contributed by atoms with E-state index in [-0.39, 0.29) is 29.1 Å². The predicted octanol–water partition coefficient (Wildman–Crippen LogP) is 2.51. The second-order valence-electron chi connectivity index (χ2n) is 5.11. The Kier molecular flexibility index (Phi) is 3.88. The molecule has 4 heteroatoms. The van der Waals surface area contributed by atoms with Gasteiger partial charge in [-0.2, -0.15) is 0 Å². The number of benzene rings is 1. The maximum absolute atomic E-state index is 11.7. The SMILES string of the molecule is COC(=O)[C@@H](C)[C@H](c1ccc(C=O)c(O)c1)C1CC1. The number of rotatable bonds is 5. The molecule has 2 atom stereocenters. The first-order valence-electron chi connectivity index (χ1n) is 6.44. The van der Waals surface area contributed by atoms with Gasteiger partial charge in [0.1, 0.15) is 5.75 Å². The van der Waals surface area contributed by atoms with Crippen LogP contribution in [0.2, 0.25) is 0 Å². The molecule has 0 aliphatic heterocycles. The number of carbonyl (C=O) groups is 2. The topological polar surface area (TPSA) is 63.6 Å². The normalized spacial score (nSPS) is 17.6. The van der Waals surface area contributed by atoms with Crippen molar-refractivity contribution in [1.29, 1.82) is 0 Å². The molecule has 0 unspecified atom stereocenters. The van der Waals surface area contributed by atoms with E-state index in [1.807, 2.05) is 13.0 Å². The summed E-state index contributed by atoms with van der Waals surface area (Å²) in [5.41, 5.74) is 1.16. The van der Waals surface area contributed by atoms with Crippen molar-refractivity contribution in [3.8, 4) is 5.75 Å². The minimum atomic E-state index is -0.251. The van der Waals surface area contributed by atoms with E-state index < -0.39 is 0 Å². The van der Waals surface area contributed by atoms with Crippen LogP contribution >= 0.6 is 0 Å². The summed E-state index contributed by atoms with van der Waals surface area (Å²) in [6.45, 7) is 1.85. The zero-order valence-electron chi connectivity index (χ0n) is 11.1. The molecular formula is C15H18O4. The second-order valence-corrected chi connectivity index (χ2v) is 5.11. The molecule has 1 saturated carbocycles. The molecule has 1 aromatic rings. The van der Waals surface area contributed by atoms with Crippen molar-refractivity contribution in [2.24, 2.45) is 11.8 Å². The molecule has 0 spiro atoms. The number of aldehydes is 1. The van der Waals surface area contributed by atoms with Crippen LogP contribution in [0.15, 0.2) is 18.2 Å². The largest absolute Gasteiger partial charge is 0.507 e. The van der Waals surface area contributed by atoms with Crippen molar-refractivity contribution in [3.63, 3.8) is 0 Å². The fraction of sp³-hybridized carbons (Fsp3) is 0.467. The minimum absolute atomic E-state index is 0.0322. The van der Waals surface area contributed by atoms with Crippen LogP contribution in [0.4, 0.5) is 0 Å². The van der Waals surface area contributed by atoms with Crippen molar-refractivity contribution in [1.82, 2.24) is 0 Å². The molecule has 19 heavy (non-hydrogen) atoms. The Bertz CT molecular complexity index is 491. The molecule has 0 saturated heterocycles. The lowest BCUT2D eigenvalue weighted by Crippen LogP contribution is -2.22. The van der Waals surface area contributed by atoms with E-state index in [1.54, 1.807) is 12.1 Å². The molecule has 1 aliphatic rings. The van der Waals surface area contributed by atoms with Gasteiger partial charge in [-0.3, -0.25) is 9.59 Å². The molecule has 4 nitrogen and oxygen atoms in total. The quantitative estimate of drug-likeness (QED) is 0.654. The van der Waals surface area contributed by atoms with Gasteiger partial charge in [0.25, 0.3) is 0 Å². The highest BCUT2D eigenvalue weighted by molar-refractivity contribution is 5.79. The fourth-order valence-corrected chi connectivity index (χ4v) is 2.62. The number of hydrogen-bond donors (Lipinski definition) is 1. The van der Waals surface area contributed by atoms with Gasteiger partial charge in [0.2, 0.25) is 0 Å². The summed E-state index contributed by atoms with van der Waals surface area (Å²) in [7, 11) is 1.38. The predicted molar refractivity (Wildman–Crippen MR) is 70.1 cm³/mol. The van der Waals surface area contributed by atoms with Crippen molar-refractivity contribution < 1.29 is 19.4 Å². The van der Waals surface area contributed by atoms with E-state index in [9.17, 15) is 14.7 Å². The summed E-state index contributed by atoms with van der Waals surface area (Å²) >= 11 is 0. The molecular weight excluding hydrogens is 244 g/mol. The van der Waals surface area contributed by atoms with Gasteiger partial charge >= 0.3 is 5.97 Å². The van der Waals surface area contributed by atoms with Crippen LogP contribution in [0.1, 0.15) is 41.6 Å². The second kappa shape index (κ2) is 5.43. The molecule has 1 aliphatic carbocycles. The summed E-state index contributed by atoms with van der Waals surface area (Å²) in [5.74, 6) is -0.0281. The Hall–Kier alpha value is -1.84. The van der Waals surface area contributed by atoms with Crippen molar-refractivity contribution >= 4 is 12.3 Å². The lowest BCUT2D eigenvalue weighted by Gasteiger charge is -2.22. The van der Waals surface area contributed by atoms with Crippen LogP contribution in [-0.4, -0.2) is 24.5 Å². The van der Waals surface area contributed by atoms with Crippen LogP contribution in [0.25, 0.3) is 0 Å². The molecule has 0 bridgehead atoms. The fourth-order valence-electron chi connectivity index (χ4n) is 2.62. The van der Waals surface area contributed by atoms with Gasteiger partial charge in [-0.05, 0) is 42.4 Å². The number of phenols is 1. The first-order valence-corrected chi connectivity index (χ1v) is 6.44. The third kappa shape index (κ3) is 2.78. The smallest absolute Gasteiger partial charge is 0.309 e. The molecule has 1 fully saturated rings. The zero-order valence-corrected chi connectivity index (χ0v) is 11.1. The van der Waals surface area contributed by atoms with Crippen LogP contribution in [0.3, 0.4) is 0 Å². The van der Waals surface area contributed by atoms with Gasteiger partial charge in [0, 0.05) is 0 Å². The Morgan fingerprint density at radius 2 is 2.16 bits per heavy atom. The third-order valence-electron chi connectivity index (χ3n) is 3.81. The average Bonchev–Trinajstić information content (AvgIpc) is 3.22. The van der Waals surface area contributed by atoms with Gasteiger partial charge < -0.3 is 9.84 Å². The number of methoxy groups -OCH3 is 1. The molecule has 1 aromatic carbocycles. The van der Waals surface area contributed by atoms with Gasteiger partial charge in [-0.25, -0.2) is 0 Å². The molecule has 2 rings (SSSR count). The highest BCUT2D eigenvalue weighted by atomic mass is 16.5. The molecule has 0 heterocycles. The van der Waals surface area contributed by atoms with Gasteiger partial charge in [-0.1, -0.05) is 13.0 Å². The molecule has 0 amide bonds. The maximum atomic E-state index is 11.7. The summed E-state index contributed by atoms with van der Waals surface area (Å²) in [5, 5.41) is 9.77. The monoisotopic (exact) mass is 262 g/mol. The highest BCUT2D eigenvalue weighted by Crippen LogP contribution is 2.47. The summed E-state index contributed by atoms with van der Waals surface area (Å²) in [6, 6.07) is 5.00. The molecule has 1 N–H and O–H groups in total. The van der Waals surface area contributed by atoms with Crippen molar-refractivity contribution in [3.05, 3.63) is 29.3 Å². The standard InChI is InChI=1S/C15H18O4/c1-9(15(18)19-2)14(10-3-4-10)11-5-6-12(8-16)13(17)7-11/h5-10,14,17H,3-4H2,1-2H3/t9-,14-/m0/s1. The summed E-state index contributed by atoms with van der Waals surface area (Å²) < 4.78 is 4.81. The van der Waals surface area contributed by atoms with Crippen LogP contribution in [-0.2, 0) is 9.53 Å². The van der Waals surface area contributed by atoms with Crippen LogP contribution in [0, 0.1) is 11.8 Å². The van der Waals surface area contributed by atoms with E-state index in [4.69, 9.17) is 4.74 Å². The summed E-state index contributed by atoms with van der Waals surface area (Å²) in [4.78, 5) is 22.4. The van der Waals surface area contributed by atoms with Gasteiger partial charge in [-0.15, -0.1) is 0 Å². The number of aromatic hydroxyl groups is 1. The zero-order chi connectivity index (χ0) is 14.0. The molecule has 102 valence electrons. The van der Waals surface area contributed by atoms with E-state index in [2.05, 4.69) is 0 Å². The number of phenolic OH excluding ortho intramolecular Hbond substituents is 1. The minimum Gasteiger partial charge on any atom is -0.507 e. The van der Waals surface area contributed by atoms with Gasteiger partial charge in [0.15, 0.2) is 6.29 Å². The number of hydrogen-bond acceptors (Lipinski definition) is 4. The number of carbonyl (C=O) groups excluding carboxylic acids is 2. The van der Waals surface area contributed by atoms with Crippen LogP contribution < -0.4 is 0 Å². The third-order valence-corrected chi connectivity index (χ3v) is 3.81. The lowest BCUT2D eigenvalue weighted by molar-refractivity contribution is -0.145. The molecule has 0 aromatic heterocycles. The number of ether oxygens (including phenoxy) is 1. The van der Waals surface area contributed by atoms with E-state index in [1.165, 1.54) is 7.11 Å². The van der Waals surface area contributed by atoms with E-state index in [0.29, 0.717) is 12.2 Å². The Balaban J connectivity index is 2.31. The van der Waals surface area contributed by atoms with Gasteiger partial charge in [0.05, 0.1) is 18.6 Å². The first kappa shape index (κ1) is 13.6. The molecule has 0 radical (unpaired) electrons. The number of esters is 1. The Morgan fingerprint density at radius 3 is 2.63 bits per heavy atom. The summed E-state index contributed by atoms with van der Waals surface area (Å²) in [6.07, 6.45) is 2.79. The van der Waals surface area contributed by atoms with Crippen molar-refractivity contribution in [2.45, 2.75) is 25.7 Å². The average molecular weight is 262 g/mol. The Labute approximate surface area is 112 Å². The first-order chi connectivity index (χ1) is 9.08. The maximum Gasteiger partial charge on any atom is 0.309 e. The Morgan fingerprint density at radius 1 is 1.47 bits per heavy atom.